The zero-order valence-corrected chi connectivity index (χ0v) is 24.1. The second-order valence-corrected chi connectivity index (χ2v) is 10.6. The summed E-state index contributed by atoms with van der Waals surface area (Å²) in [6, 6.07) is 8.13. The third-order valence-corrected chi connectivity index (χ3v) is 7.63. The van der Waals surface area contributed by atoms with Gasteiger partial charge in [-0.15, -0.1) is 0 Å². The van der Waals surface area contributed by atoms with Crippen LogP contribution in [0.2, 0.25) is 0 Å². The van der Waals surface area contributed by atoms with Crippen LogP contribution >= 0.6 is 0 Å². The molecule has 13 nitrogen and oxygen atoms in total. The third-order valence-electron chi connectivity index (χ3n) is 7.63. The second-order valence-electron chi connectivity index (χ2n) is 10.6. The Morgan fingerprint density at radius 1 is 1.18 bits per heavy atom. The molecule has 0 radical (unpaired) electrons. The molecule has 1 fully saturated rings. The van der Waals surface area contributed by atoms with E-state index in [1.807, 2.05) is 31.0 Å². The highest BCUT2D eigenvalue weighted by molar-refractivity contribution is 5.91. The molecule has 4 aromatic heterocycles. The highest BCUT2D eigenvalue weighted by Crippen LogP contribution is 2.37. The van der Waals surface area contributed by atoms with Gasteiger partial charge in [-0.25, -0.2) is 28.8 Å². The van der Waals surface area contributed by atoms with Crippen molar-refractivity contribution < 1.29 is 18.7 Å². The topological polar surface area (TPSA) is 135 Å². The number of rotatable bonds is 7. The fourth-order valence-electron chi connectivity index (χ4n) is 5.41. The molecule has 6 heterocycles. The number of carbonyl (C=O) groups is 1. The number of halogens is 1. The number of fused-ring (bicyclic) bond motifs is 6. The molecular formula is C30H29FN10O3. The normalized spacial score (nSPS) is 16.2. The lowest BCUT2D eigenvalue weighted by molar-refractivity contribution is -0.129. The van der Waals surface area contributed by atoms with Crippen LogP contribution in [0.3, 0.4) is 0 Å². The van der Waals surface area contributed by atoms with E-state index in [2.05, 4.69) is 35.6 Å². The molecule has 2 aliphatic rings. The molecule has 1 saturated heterocycles. The Kier molecular flexibility index (Phi) is 7.10. The summed E-state index contributed by atoms with van der Waals surface area (Å²) in [5.74, 6) is 1.89. The molecule has 0 unspecified atom stereocenters. The summed E-state index contributed by atoms with van der Waals surface area (Å²) >= 11 is 0. The molecule has 5 aromatic rings. The molecule has 7 rings (SSSR count). The largest absolute Gasteiger partial charge is 0.487 e. The lowest BCUT2D eigenvalue weighted by Crippen LogP contribution is -2.56. The molecule has 2 bridgehead atoms. The van der Waals surface area contributed by atoms with Crippen LogP contribution in [0.5, 0.6) is 17.2 Å². The number of ether oxygens (including phenoxy) is 2. The Morgan fingerprint density at radius 3 is 2.98 bits per heavy atom. The van der Waals surface area contributed by atoms with Gasteiger partial charge in [-0.2, -0.15) is 5.10 Å². The SMILES string of the molecule is CNC/C=C/C(=O)N1CCN2C[C@@H]1COc1cc3ncnc(Nc4cc(C)c(Oc5ccn6ncnc6c5)cc4F)c3nc12. The number of hydrogen-bond acceptors (Lipinski definition) is 11. The van der Waals surface area contributed by atoms with E-state index in [0.717, 1.165) is 0 Å². The van der Waals surface area contributed by atoms with Gasteiger partial charge in [-0.1, -0.05) is 6.08 Å². The van der Waals surface area contributed by atoms with Gasteiger partial charge in [0.15, 0.2) is 23.0 Å². The van der Waals surface area contributed by atoms with Crippen molar-refractivity contribution in [1.82, 2.24) is 39.8 Å². The molecule has 0 saturated carbocycles. The number of amides is 1. The Bertz CT molecular complexity index is 1910. The molecule has 0 aliphatic carbocycles. The zero-order chi connectivity index (χ0) is 30.2. The van der Waals surface area contributed by atoms with Crippen molar-refractivity contribution >= 4 is 39.9 Å². The van der Waals surface area contributed by atoms with Crippen LogP contribution in [0.15, 0.2) is 61.3 Å². The van der Waals surface area contributed by atoms with Gasteiger partial charge in [0, 0.05) is 56.7 Å². The number of aromatic nitrogens is 6. The van der Waals surface area contributed by atoms with Gasteiger partial charge in [0.05, 0.1) is 17.2 Å². The first-order chi connectivity index (χ1) is 21.5. The van der Waals surface area contributed by atoms with E-state index in [1.165, 1.54) is 18.7 Å². The number of benzene rings is 1. The van der Waals surface area contributed by atoms with Crippen molar-refractivity contribution in [2.24, 2.45) is 0 Å². The molecule has 0 spiro atoms. The molecule has 1 aromatic carbocycles. The van der Waals surface area contributed by atoms with Crippen molar-refractivity contribution in [3.63, 3.8) is 0 Å². The highest BCUT2D eigenvalue weighted by Gasteiger charge is 2.35. The Hall–Kier alpha value is -5.37. The summed E-state index contributed by atoms with van der Waals surface area (Å²) in [6.07, 6.45) is 7.98. The van der Waals surface area contributed by atoms with Gasteiger partial charge in [0.2, 0.25) is 5.91 Å². The van der Waals surface area contributed by atoms with Crippen LogP contribution < -0.4 is 25.0 Å². The Morgan fingerprint density at radius 2 is 2.09 bits per heavy atom. The molecule has 44 heavy (non-hydrogen) atoms. The average Bonchev–Trinajstić information content (AvgIpc) is 3.45. The van der Waals surface area contributed by atoms with E-state index in [0.29, 0.717) is 83.9 Å². The van der Waals surface area contributed by atoms with Crippen LogP contribution in [0.1, 0.15) is 5.56 Å². The number of carbonyl (C=O) groups excluding carboxylic acids is 1. The van der Waals surface area contributed by atoms with E-state index in [4.69, 9.17) is 14.5 Å². The second kappa shape index (κ2) is 11.4. The minimum atomic E-state index is -0.522. The lowest BCUT2D eigenvalue weighted by atomic mass is 10.1. The molecule has 224 valence electrons. The van der Waals surface area contributed by atoms with E-state index in [-0.39, 0.29) is 17.6 Å². The van der Waals surface area contributed by atoms with Gasteiger partial charge in [-0.3, -0.25) is 4.79 Å². The zero-order valence-electron chi connectivity index (χ0n) is 24.1. The fourth-order valence-corrected chi connectivity index (χ4v) is 5.41. The van der Waals surface area contributed by atoms with Crippen LogP contribution in [-0.2, 0) is 4.79 Å². The molecule has 2 N–H and O–H groups in total. The minimum Gasteiger partial charge on any atom is -0.487 e. The summed E-state index contributed by atoms with van der Waals surface area (Å²) in [5, 5.41) is 10.2. The predicted molar refractivity (Wildman–Crippen MR) is 161 cm³/mol. The number of nitrogens with one attached hydrogen (secondary N) is 2. The molecule has 1 amide bonds. The smallest absolute Gasteiger partial charge is 0.246 e. The Balaban J connectivity index is 1.14. The van der Waals surface area contributed by atoms with E-state index < -0.39 is 5.82 Å². The maximum atomic E-state index is 15.4. The molecular weight excluding hydrogens is 567 g/mol. The van der Waals surface area contributed by atoms with E-state index in [9.17, 15) is 4.79 Å². The van der Waals surface area contributed by atoms with Crippen LogP contribution in [-0.4, -0.2) is 86.2 Å². The predicted octanol–water partition coefficient (Wildman–Crippen LogP) is 3.24. The summed E-state index contributed by atoms with van der Waals surface area (Å²) in [7, 11) is 1.83. The summed E-state index contributed by atoms with van der Waals surface area (Å²) in [4.78, 5) is 34.6. The molecule has 14 heteroatoms. The third kappa shape index (κ3) is 5.19. The fraction of sp³-hybridized carbons (Fsp3) is 0.267. The quantitative estimate of drug-likeness (QED) is 0.268. The van der Waals surface area contributed by atoms with Gasteiger partial charge in [-0.05, 0) is 31.7 Å². The first kappa shape index (κ1) is 27.5. The van der Waals surface area contributed by atoms with Gasteiger partial charge in [0.1, 0.15) is 42.1 Å². The minimum absolute atomic E-state index is 0.0416. The van der Waals surface area contributed by atoms with Gasteiger partial charge >= 0.3 is 0 Å². The maximum Gasteiger partial charge on any atom is 0.246 e. The monoisotopic (exact) mass is 596 g/mol. The van der Waals surface area contributed by atoms with Crippen LogP contribution in [0.4, 0.5) is 21.7 Å². The first-order valence-corrected chi connectivity index (χ1v) is 14.2. The van der Waals surface area contributed by atoms with Crippen molar-refractivity contribution in [1.29, 1.82) is 0 Å². The number of nitrogens with zero attached hydrogens (tertiary/aromatic N) is 8. The number of hydrogen-bond donors (Lipinski definition) is 2. The number of likely N-dealkylation sites (N-methyl/N-ethyl adjacent to an activating group) is 1. The Labute approximate surface area is 251 Å². The molecule has 2 aliphatic heterocycles. The van der Waals surface area contributed by atoms with Crippen molar-refractivity contribution in [3.05, 3.63) is 72.7 Å². The van der Waals surface area contributed by atoms with Gasteiger partial charge in [0.25, 0.3) is 0 Å². The summed E-state index contributed by atoms with van der Waals surface area (Å²) in [6.45, 7) is 4.50. The van der Waals surface area contributed by atoms with E-state index in [1.54, 1.807) is 35.0 Å². The number of aryl methyl sites for hydroxylation is 1. The van der Waals surface area contributed by atoms with E-state index >= 15 is 4.39 Å². The molecule has 1 atom stereocenters. The summed E-state index contributed by atoms with van der Waals surface area (Å²) in [5.41, 5.74) is 2.56. The lowest BCUT2D eigenvalue weighted by Gasteiger charge is -2.39. The standard InChI is InChI=1S/C30H29FN10O3/c1-18-10-22(21(31)12-24(18)44-20-5-7-41-26(11-20)34-17-36-41)37-29-28-23(33-16-35-29)13-25-30(38-28)39-8-9-40(19(14-39)15-43-25)27(42)4-3-6-32-2/h3-5,7,10-13,16-17,19,32H,6,8-9,14-15H2,1-2H3,(H,33,35,37)/b4-3+/t19-/m1/s1. The number of piperazine rings is 1. The van der Waals surface area contributed by atoms with Crippen LogP contribution in [0, 0.1) is 12.7 Å². The highest BCUT2D eigenvalue weighted by atomic mass is 19.1. The van der Waals surface area contributed by atoms with Crippen molar-refractivity contribution in [3.8, 4) is 17.2 Å². The number of pyridine rings is 2. The van der Waals surface area contributed by atoms with Crippen molar-refractivity contribution in [2.45, 2.75) is 13.0 Å². The van der Waals surface area contributed by atoms with Crippen molar-refractivity contribution in [2.75, 3.05) is 50.1 Å². The maximum absolute atomic E-state index is 15.4. The number of anilines is 3. The summed E-state index contributed by atoms with van der Waals surface area (Å²) < 4.78 is 29.1. The first-order valence-electron chi connectivity index (χ1n) is 14.2. The average molecular weight is 597 g/mol. The van der Waals surface area contributed by atoms with Gasteiger partial charge < -0.3 is 29.9 Å². The van der Waals surface area contributed by atoms with Crippen LogP contribution in [0.25, 0.3) is 16.7 Å².